The van der Waals surface area contributed by atoms with Crippen LogP contribution >= 0.6 is 22.9 Å². The van der Waals surface area contributed by atoms with E-state index in [2.05, 4.69) is 9.97 Å². The topological polar surface area (TPSA) is 76.7 Å². The number of nitrogens with zero attached hydrogens (tertiary/aromatic N) is 3. The van der Waals surface area contributed by atoms with E-state index < -0.39 is 0 Å². The summed E-state index contributed by atoms with van der Waals surface area (Å²) in [6, 6.07) is 6.87. The number of hydrogen-bond acceptors (Lipinski definition) is 6. The van der Waals surface area contributed by atoms with E-state index in [1.807, 2.05) is 12.1 Å². The Balaban J connectivity index is 1.82. The molecular formula is C18H12ClN3O3S. The lowest BCUT2D eigenvalue weighted by Gasteiger charge is -2.05. The van der Waals surface area contributed by atoms with Crippen LogP contribution in [-0.4, -0.2) is 26.6 Å². The number of hydrogen-bond donors (Lipinski definition) is 1. The van der Waals surface area contributed by atoms with Crippen molar-refractivity contribution in [1.82, 2.24) is 14.4 Å². The molecule has 0 bridgehead atoms. The van der Waals surface area contributed by atoms with Crippen molar-refractivity contribution in [3.05, 3.63) is 68.3 Å². The molecule has 0 aliphatic carbocycles. The highest BCUT2D eigenvalue weighted by molar-refractivity contribution is 7.15. The van der Waals surface area contributed by atoms with Crippen molar-refractivity contribution in [3.8, 4) is 22.8 Å². The summed E-state index contributed by atoms with van der Waals surface area (Å²) in [6.07, 6.45) is 6.77. The van der Waals surface area contributed by atoms with Crippen LogP contribution in [0.2, 0.25) is 5.02 Å². The zero-order valence-corrected chi connectivity index (χ0v) is 15.1. The zero-order valence-electron chi connectivity index (χ0n) is 13.5. The normalized spacial score (nSPS) is 12.0. The Morgan fingerprint density at radius 1 is 1.31 bits per heavy atom. The molecule has 130 valence electrons. The van der Waals surface area contributed by atoms with Crippen LogP contribution in [0.4, 0.5) is 0 Å². The average molecular weight is 386 g/mol. The number of benzene rings is 1. The Hall–Kier alpha value is -2.90. The fourth-order valence-electron chi connectivity index (χ4n) is 2.58. The molecule has 0 radical (unpaired) electrons. The minimum atomic E-state index is -0.166. The third kappa shape index (κ3) is 2.81. The number of aromatic hydroxyl groups is 1. The van der Waals surface area contributed by atoms with Crippen LogP contribution in [0, 0.1) is 0 Å². The maximum Gasteiger partial charge on any atom is 0.274 e. The number of ether oxygens (including phenoxy) is 1. The third-order valence-corrected chi connectivity index (χ3v) is 5.12. The van der Waals surface area contributed by atoms with Gasteiger partial charge in [-0.2, -0.15) is 0 Å². The summed E-state index contributed by atoms with van der Waals surface area (Å²) in [4.78, 5) is 21.8. The van der Waals surface area contributed by atoms with Gasteiger partial charge >= 0.3 is 0 Å². The van der Waals surface area contributed by atoms with E-state index in [1.165, 1.54) is 22.8 Å². The molecule has 0 unspecified atom stereocenters. The van der Waals surface area contributed by atoms with Gasteiger partial charge in [-0.25, -0.2) is 4.98 Å². The minimum Gasteiger partial charge on any atom is -0.503 e. The second-order valence-corrected chi connectivity index (χ2v) is 6.90. The number of halogens is 1. The van der Waals surface area contributed by atoms with Gasteiger partial charge in [-0.1, -0.05) is 22.9 Å². The molecule has 0 fully saturated rings. The molecule has 4 rings (SSSR count). The maximum atomic E-state index is 12.7. The van der Waals surface area contributed by atoms with Crippen LogP contribution in [0.3, 0.4) is 0 Å². The van der Waals surface area contributed by atoms with Crippen molar-refractivity contribution in [3.63, 3.8) is 0 Å². The van der Waals surface area contributed by atoms with Crippen molar-refractivity contribution < 1.29 is 9.84 Å². The molecule has 0 spiro atoms. The summed E-state index contributed by atoms with van der Waals surface area (Å²) < 4.78 is 7.12. The second-order valence-electron chi connectivity index (χ2n) is 5.48. The van der Waals surface area contributed by atoms with Crippen molar-refractivity contribution >= 4 is 34.0 Å². The van der Waals surface area contributed by atoms with E-state index in [1.54, 1.807) is 36.8 Å². The van der Waals surface area contributed by atoms with Gasteiger partial charge in [0.15, 0.2) is 16.5 Å². The molecule has 0 aliphatic heterocycles. The number of methoxy groups -OCH3 is 1. The molecule has 8 heteroatoms. The van der Waals surface area contributed by atoms with Gasteiger partial charge in [0, 0.05) is 24.2 Å². The summed E-state index contributed by atoms with van der Waals surface area (Å²) in [5.74, 6) is 0.120. The van der Waals surface area contributed by atoms with Gasteiger partial charge in [0.05, 0.1) is 22.4 Å². The Morgan fingerprint density at radius 3 is 2.77 bits per heavy atom. The molecule has 3 heterocycles. The van der Waals surface area contributed by atoms with E-state index in [0.717, 1.165) is 11.3 Å². The van der Waals surface area contributed by atoms with Gasteiger partial charge in [0.25, 0.3) is 5.56 Å². The number of rotatable bonds is 3. The number of phenols is 1. The highest BCUT2D eigenvalue weighted by Crippen LogP contribution is 2.35. The molecule has 0 saturated heterocycles. The molecule has 1 aromatic carbocycles. The second kappa shape index (κ2) is 6.44. The Morgan fingerprint density at radius 2 is 2.08 bits per heavy atom. The number of fused-ring (bicyclic) bond motifs is 1. The lowest BCUT2D eigenvalue weighted by atomic mass is 10.2. The van der Waals surface area contributed by atoms with Crippen LogP contribution in [-0.2, 0) is 0 Å². The van der Waals surface area contributed by atoms with Crippen molar-refractivity contribution in [1.29, 1.82) is 0 Å². The fraction of sp³-hybridized carbons (Fsp3) is 0.0556. The summed E-state index contributed by atoms with van der Waals surface area (Å²) in [5.41, 5.74) is 2.11. The average Bonchev–Trinajstić information content (AvgIpc) is 3.19. The van der Waals surface area contributed by atoms with Crippen LogP contribution < -0.4 is 14.8 Å². The monoisotopic (exact) mass is 385 g/mol. The SMILES string of the molecule is COc1cc(/C=c2\sc3nc(-c4ccncc4)cn3c2=O)cc(Cl)c1O. The van der Waals surface area contributed by atoms with Crippen LogP contribution in [0.1, 0.15) is 5.56 Å². The van der Waals surface area contributed by atoms with Gasteiger partial charge in [-0.05, 0) is 35.9 Å². The largest absolute Gasteiger partial charge is 0.503 e. The fourth-order valence-corrected chi connectivity index (χ4v) is 3.75. The zero-order chi connectivity index (χ0) is 18.3. The number of imidazole rings is 1. The van der Waals surface area contributed by atoms with Gasteiger partial charge < -0.3 is 9.84 Å². The Kier molecular flexibility index (Phi) is 4.10. The van der Waals surface area contributed by atoms with Crippen LogP contribution in [0.25, 0.3) is 22.3 Å². The van der Waals surface area contributed by atoms with Crippen molar-refractivity contribution in [2.45, 2.75) is 0 Å². The lowest BCUT2D eigenvalue weighted by Crippen LogP contribution is -2.22. The van der Waals surface area contributed by atoms with E-state index in [4.69, 9.17) is 16.3 Å². The quantitative estimate of drug-likeness (QED) is 0.586. The molecule has 6 nitrogen and oxygen atoms in total. The molecule has 0 saturated carbocycles. The van der Waals surface area contributed by atoms with E-state index >= 15 is 0 Å². The summed E-state index contributed by atoms with van der Waals surface area (Å²) in [5, 5.41) is 9.97. The molecular weight excluding hydrogens is 374 g/mol. The predicted molar refractivity (Wildman–Crippen MR) is 101 cm³/mol. The Labute approximate surface area is 156 Å². The van der Waals surface area contributed by atoms with Gasteiger partial charge in [0.2, 0.25) is 0 Å². The molecule has 0 aliphatic rings. The first-order valence-electron chi connectivity index (χ1n) is 7.57. The summed E-state index contributed by atoms with van der Waals surface area (Å²) in [7, 11) is 1.44. The summed E-state index contributed by atoms with van der Waals surface area (Å²) in [6.45, 7) is 0. The Bertz CT molecular complexity index is 1220. The van der Waals surface area contributed by atoms with Crippen LogP contribution in [0.15, 0.2) is 47.7 Å². The minimum absolute atomic E-state index is 0.128. The third-order valence-electron chi connectivity index (χ3n) is 3.85. The molecule has 26 heavy (non-hydrogen) atoms. The molecule has 0 amide bonds. The highest BCUT2D eigenvalue weighted by Gasteiger charge is 2.11. The van der Waals surface area contributed by atoms with Gasteiger partial charge in [-0.3, -0.25) is 14.2 Å². The van der Waals surface area contributed by atoms with Crippen molar-refractivity contribution in [2.24, 2.45) is 0 Å². The first-order chi connectivity index (χ1) is 12.6. The number of phenolic OH excluding ortho intramolecular Hbond substituents is 1. The molecule has 4 aromatic rings. The summed E-state index contributed by atoms with van der Waals surface area (Å²) >= 11 is 7.28. The number of thiazole rings is 1. The lowest BCUT2D eigenvalue weighted by molar-refractivity contribution is 0.373. The highest BCUT2D eigenvalue weighted by atomic mass is 35.5. The van der Waals surface area contributed by atoms with Gasteiger partial charge in [0.1, 0.15) is 0 Å². The number of aromatic nitrogens is 3. The van der Waals surface area contributed by atoms with Gasteiger partial charge in [-0.15, -0.1) is 0 Å². The predicted octanol–water partition coefficient (Wildman–Crippen LogP) is 2.73. The van der Waals surface area contributed by atoms with E-state index in [0.29, 0.717) is 15.1 Å². The first kappa shape index (κ1) is 16.6. The maximum absolute atomic E-state index is 12.7. The smallest absolute Gasteiger partial charge is 0.274 e. The molecule has 0 atom stereocenters. The molecule has 3 aromatic heterocycles. The van der Waals surface area contributed by atoms with Crippen molar-refractivity contribution in [2.75, 3.05) is 7.11 Å². The molecule has 1 N–H and O–H groups in total. The van der Waals surface area contributed by atoms with E-state index in [9.17, 15) is 9.90 Å². The first-order valence-corrected chi connectivity index (χ1v) is 8.77. The standard InChI is InChI=1S/C18H12ClN3O3S/c1-25-14-7-10(6-12(19)16(14)23)8-15-17(24)22-9-13(21-18(22)26-15)11-2-4-20-5-3-11/h2-9,23H,1H3/b15-8-. The van der Waals surface area contributed by atoms with E-state index in [-0.39, 0.29) is 22.1 Å². The van der Waals surface area contributed by atoms with Crippen LogP contribution in [0.5, 0.6) is 11.5 Å². The number of pyridine rings is 1.